The number of nitrogens with two attached hydrogens (primary N) is 1. The van der Waals surface area contributed by atoms with E-state index < -0.39 is 5.82 Å². The lowest BCUT2D eigenvalue weighted by Gasteiger charge is -2.09. The Hall–Kier alpha value is -1.46. The van der Waals surface area contributed by atoms with Gasteiger partial charge >= 0.3 is 0 Å². The van der Waals surface area contributed by atoms with Gasteiger partial charge in [0.2, 0.25) is 0 Å². The highest BCUT2D eigenvalue weighted by atomic mass is 79.9. The van der Waals surface area contributed by atoms with E-state index in [-0.39, 0.29) is 19.0 Å². The molecule has 2 aromatic carbocycles. The fraction of sp³-hybridized carbons (Fsp3) is 0.143. The van der Waals surface area contributed by atoms with Gasteiger partial charge in [0.05, 0.1) is 4.47 Å². The molecule has 0 atom stereocenters. The second kappa shape index (κ2) is 6.12. The van der Waals surface area contributed by atoms with Crippen molar-refractivity contribution in [1.82, 2.24) is 0 Å². The third-order valence-corrected chi connectivity index (χ3v) is 3.28. The van der Waals surface area contributed by atoms with E-state index in [9.17, 15) is 8.78 Å². The summed E-state index contributed by atoms with van der Waals surface area (Å²) in [5.41, 5.74) is 6.54. The van der Waals surface area contributed by atoms with Gasteiger partial charge in [0.15, 0.2) is 0 Å². The maximum absolute atomic E-state index is 13.7. The summed E-state index contributed by atoms with van der Waals surface area (Å²) < 4.78 is 32.8. The van der Waals surface area contributed by atoms with Crippen LogP contribution in [-0.2, 0) is 13.2 Å². The van der Waals surface area contributed by atoms with Crippen molar-refractivity contribution in [1.29, 1.82) is 0 Å². The molecule has 100 valence electrons. The van der Waals surface area contributed by atoms with E-state index in [1.165, 1.54) is 18.2 Å². The largest absolute Gasteiger partial charge is 0.488 e. The highest BCUT2D eigenvalue weighted by Gasteiger charge is 2.07. The summed E-state index contributed by atoms with van der Waals surface area (Å²) in [6.45, 7) is 0.312. The second-order valence-electron chi connectivity index (χ2n) is 3.99. The third-order valence-electron chi connectivity index (χ3n) is 2.63. The lowest BCUT2D eigenvalue weighted by atomic mass is 10.1. The standard InChI is InChI=1S/C14H12BrF2NO/c15-12-4-3-11(16)6-14(12)19-8-10-2-1-9(7-18)5-13(10)17/h1-6H,7-8,18H2. The van der Waals surface area contributed by atoms with Crippen molar-refractivity contribution < 1.29 is 13.5 Å². The van der Waals surface area contributed by atoms with Crippen molar-refractivity contribution in [3.63, 3.8) is 0 Å². The van der Waals surface area contributed by atoms with Crippen molar-refractivity contribution in [3.8, 4) is 5.75 Å². The normalized spacial score (nSPS) is 10.5. The van der Waals surface area contributed by atoms with Crippen LogP contribution in [0.3, 0.4) is 0 Å². The van der Waals surface area contributed by atoms with Gasteiger partial charge in [-0.2, -0.15) is 0 Å². The fourth-order valence-corrected chi connectivity index (χ4v) is 1.94. The number of hydrogen-bond acceptors (Lipinski definition) is 2. The van der Waals surface area contributed by atoms with Gasteiger partial charge in [0.25, 0.3) is 0 Å². The van der Waals surface area contributed by atoms with Crippen molar-refractivity contribution in [3.05, 3.63) is 63.6 Å². The minimum atomic E-state index is -0.405. The minimum absolute atomic E-state index is 0.0265. The Labute approximate surface area is 118 Å². The zero-order valence-electron chi connectivity index (χ0n) is 10.00. The summed E-state index contributed by atoms with van der Waals surface area (Å²) >= 11 is 3.24. The number of hydrogen-bond donors (Lipinski definition) is 1. The molecule has 0 spiro atoms. The molecule has 0 amide bonds. The zero-order chi connectivity index (χ0) is 13.8. The molecule has 0 aromatic heterocycles. The SMILES string of the molecule is NCc1ccc(COc2cc(F)ccc2Br)c(F)c1. The summed E-state index contributed by atoms with van der Waals surface area (Å²) in [7, 11) is 0. The van der Waals surface area contributed by atoms with Crippen LogP contribution in [0.1, 0.15) is 11.1 Å². The van der Waals surface area contributed by atoms with Gasteiger partial charge in [0.1, 0.15) is 24.0 Å². The molecular weight excluding hydrogens is 316 g/mol. The van der Waals surface area contributed by atoms with E-state index in [2.05, 4.69) is 15.9 Å². The molecule has 2 nitrogen and oxygen atoms in total. The van der Waals surface area contributed by atoms with Crippen LogP contribution < -0.4 is 10.5 Å². The highest BCUT2D eigenvalue weighted by molar-refractivity contribution is 9.10. The highest BCUT2D eigenvalue weighted by Crippen LogP contribution is 2.26. The second-order valence-corrected chi connectivity index (χ2v) is 4.85. The zero-order valence-corrected chi connectivity index (χ0v) is 11.6. The molecule has 2 N–H and O–H groups in total. The van der Waals surface area contributed by atoms with E-state index in [0.717, 1.165) is 0 Å². The minimum Gasteiger partial charge on any atom is -0.488 e. The molecule has 0 unspecified atom stereocenters. The molecular formula is C14H12BrF2NO. The molecule has 2 aromatic rings. The first-order valence-electron chi connectivity index (χ1n) is 5.65. The van der Waals surface area contributed by atoms with Crippen LogP contribution >= 0.6 is 15.9 Å². The van der Waals surface area contributed by atoms with Crippen LogP contribution in [0.15, 0.2) is 40.9 Å². The molecule has 19 heavy (non-hydrogen) atoms. The van der Waals surface area contributed by atoms with Crippen molar-refractivity contribution in [2.75, 3.05) is 0 Å². The van der Waals surface area contributed by atoms with Gasteiger partial charge in [-0.1, -0.05) is 12.1 Å². The number of benzene rings is 2. The fourth-order valence-electron chi connectivity index (χ4n) is 1.58. The molecule has 0 heterocycles. The van der Waals surface area contributed by atoms with Gasteiger partial charge in [-0.25, -0.2) is 8.78 Å². The quantitative estimate of drug-likeness (QED) is 0.927. The van der Waals surface area contributed by atoms with E-state index in [1.54, 1.807) is 18.2 Å². The van der Waals surface area contributed by atoms with E-state index >= 15 is 0 Å². The molecule has 0 aliphatic heterocycles. The molecule has 0 aliphatic rings. The molecule has 0 saturated heterocycles. The molecule has 5 heteroatoms. The predicted molar refractivity (Wildman–Crippen MR) is 72.7 cm³/mol. The Kier molecular flexibility index (Phi) is 4.50. The number of ether oxygens (including phenoxy) is 1. The predicted octanol–water partition coefficient (Wildman–Crippen LogP) is 3.77. The lowest BCUT2D eigenvalue weighted by Crippen LogP contribution is -2.02. The molecule has 0 bridgehead atoms. The molecule has 0 saturated carbocycles. The topological polar surface area (TPSA) is 35.2 Å². The van der Waals surface area contributed by atoms with Gasteiger partial charge in [-0.15, -0.1) is 0 Å². The average molecular weight is 328 g/mol. The smallest absolute Gasteiger partial charge is 0.136 e. The van der Waals surface area contributed by atoms with Crippen molar-refractivity contribution in [2.24, 2.45) is 5.73 Å². The van der Waals surface area contributed by atoms with Crippen LogP contribution in [0, 0.1) is 11.6 Å². The summed E-state index contributed by atoms with van der Waals surface area (Å²) in [5.74, 6) is -0.449. The third kappa shape index (κ3) is 3.52. The Balaban J connectivity index is 2.12. The van der Waals surface area contributed by atoms with Gasteiger partial charge in [-0.3, -0.25) is 0 Å². The van der Waals surface area contributed by atoms with Crippen LogP contribution in [-0.4, -0.2) is 0 Å². The van der Waals surface area contributed by atoms with Gasteiger partial charge in [-0.05, 0) is 39.7 Å². The Morgan fingerprint density at radius 1 is 1.11 bits per heavy atom. The lowest BCUT2D eigenvalue weighted by molar-refractivity contribution is 0.296. The van der Waals surface area contributed by atoms with Crippen molar-refractivity contribution >= 4 is 15.9 Å². The molecule has 0 fully saturated rings. The maximum atomic E-state index is 13.7. The van der Waals surface area contributed by atoms with E-state index in [0.29, 0.717) is 21.3 Å². The summed E-state index contributed by atoms with van der Waals surface area (Å²) in [4.78, 5) is 0. The number of rotatable bonds is 4. The summed E-state index contributed by atoms with van der Waals surface area (Å²) in [5, 5.41) is 0. The van der Waals surface area contributed by atoms with E-state index in [1.807, 2.05) is 0 Å². The van der Waals surface area contributed by atoms with E-state index in [4.69, 9.17) is 10.5 Å². The van der Waals surface area contributed by atoms with Gasteiger partial charge < -0.3 is 10.5 Å². The van der Waals surface area contributed by atoms with Crippen LogP contribution in [0.4, 0.5) is 8.78 Å². The first-order chi connectivity index (χ1) is 9.10. The summed E-state index contributed by atoms with van der Waals surface area (Å²) in [6, 6.07) is 8.83. The summed E-state index contributed by atoms with van der Waals surface area (Å²) in [6.07, 6.45) is 0. The average Bonchev–Trinajstić information content (AvgIpc) is 2.40. The van der Waals surface area contributed by atoms with Crippen LogP contribution in [0.2, 0.25) is 0 Å². The van der Waals surface area contributed by atoms with Gasteiger partial charge in [0, 0.05) is 18.2 Å². The molecule has 2 rings (SSSR count). The maximum Gasteiger partial charge on any atom is 0.136 e. The van der Waals surface area contributed by atoms with Crippen molar-refractivity contribution in [2.45, 2.75) is 13.2 Å². The van der Waals surface area contributed by atoms with Crippen LogP contribution in [0.25, 0.3) is 0 Å². The Morgan fingerprint density at radius 2 is 1.89 bits per heavy atom. The monoisotopic (exact) mass is 327 g/mol. The Bertz CT molecular complexity index is 590. The molecule has 0 radical (unpaired) electrons. The number of halogens is 3. The van der Waals surface area contributed by atoms with Crippen LogP contribution in [0.5, 0.6) is 5.75 Å². The first-order valence-corrected chi connectivity index (χ1v) is 6.44. The molecule has 0 aliphatic carbocycles. The first kappa shape index (κ1) is 14.0. The Morgan fingerprint density at radius 3 is 2.58 bits per heavy atom.